The normalized spacial score (nSPS) is 11.5. The molecule has 0 aliphatic heterocycles. The summed E-state index contributed by atoms with van der Waals surface area (Å²) in [5, 5.41) is 0.863. The Balaban J connectivity index is 2.29. The average molecular weight is 259 g/mol. The highest BCUT2D eigenvalue weighted by atomic mass is 32.1. The predicted molar refractivity (Wildman–Crippen MR) is 59.0 cm³/mol. The van der Waals surface area contributed by atoms with Gasteiger partial charge in [-0.25, -0.2) is 4.98 Å². The number of ether oxygens (including phenoxy) is 1. The van der Waals surface area contributed by atoms with E-state index in [1.54, 1.807) is 12.3 Å². The van der Waals surface area contributed by atoms with Crippen molar-refractivity contribution in [1.29, 1.82) is 0 Å². The minimum atomic E-state index is -4.66. The van der Waals surface area contributed by atoms with Crippen LogP contribution in [0.4, 0.5) is 13.2 Å². The van der Waals surface area contributed by atoms with Crippen molar-refractivity contribution in [3.8, 4) is 16.2 Å². The number of aryl methyl sites for hydroxylation is 1. The zero-order valence-electron chi connectivity index (χ0n) is 8.78. The quantitative estimate of drug-likeness (QED) is 0.812. The Morgan fingerprint density at radius 3 is 2.65 bits per heavy atom. The molecule has 0 aliphatic rings. The Kier molecular flexibility index (Phi) is 3.06. The molecule has 1 heterocycles. The van der Waals surface area contributed by atoms with E-state index < -0.39 is 6.36 Å². The van der Waals surface area contributed by atoms with Crippen LogP contribution in [0.15, 0.2) is 30.5 Å². The molecule has 2 aromatic rings. The van der Waals surface area contributed by atoms with E-state index in [1.165, 1.54) is 29.5 Å². The topological polar surface area (TPSA) is 22.1 Å². The maximum absolute atomic E-state index is 12.0. The van der Waals surface area contributed by atoms with Crippen LogP contribution in [0.5, 0.6) is 5.75 Å². The van der Waals surface area contributed by atoms with Crippen LogP contribution in [0.2, 0.25) is 0 Å². The number of thiazole rings is 1. The Labute approximate surface area is 99.7 Å². The summed E-state index contributed by atoms with van der Waals surface area (Å²) in [4.78, 5) is 4.87. The Morgan fingerprint density at radius 1 is 1.29 bits per heavy atom. The second-order valence-electron chi connectivity index (χ2n) is 3.32. The van der Waals surface area contributed by atoms with Crippen LogP contribution in [0, 0.1) is 6.92 Å². The summed E-state index contributed by atoms with van der Waals surface area (Å²) < 4.78 is 40.0. The number of hydrogen-bond donors (Lipinski definition) is 0. The lowest BCUT2D eigenvalue weighted by atomic mass is 10.2. The van der Waals surface area contributed by atoms with E-state index in [-0.39, 0.29) is 5.75 Å². The molecule has 0 unspecified atom stereocenters. The van der Waals surface area contributed by atoms with Crippen LogP contribution >= 0.6 is 11.3 Å². The van der Waals surface area contributed by atoms with Crippen molar-refractivity contribution >= 4 is 11.3 Å². The molecule has 0 saturated carbocycles. The lowest BCUT2D eigenvalue weighted by Gasteiger charge is -2.09. The number of rotatable bonds is 2. The molecule has 2 nitrogen and oxygen atoms in total. The van der Waals surface area contributed by atoms with Gasteiger partial charge in [-0.05, 0) is 24.6 Å². The number of hydrogen-bond acceptors (Lipinski definition) is 3. The van der Waals surface area contributed by atoms with Gasteiger partial charge < -0.3 is 4.74 Å². The summed E-state index contributed by atoms with van der Waals surface area (Å²) in [6, 6.07) is 5.85. The maximum Gasteiger partial charge on any atom is 0.573 e. The van der Waals surface area contributed by atoms with Gasteiger partial charge in [0.1, 0.15) is 5.75 Å². The van der Waals surface area contributed by atoms with Crippen LogP contribution in [-0.2, 0) is 0 Å². The van der Waals surface area contributed by atoms with Crippen molar-refractivity contribution in [3.63, 3.8) is 0 Å². The van der Waals surface area contributed by atoms with E-state index in [9.17, 15) is 13.2 Å². The highest BCUT2D eigenvalue weighted by molar-refractivity contribution is 7.15. The summed E-state index contributed by atoms with van der Waals surface area (Å²) in [5.41, 5.74) is 0.664. The molecule has 1 aromatic carbocycles. The third-order valence-corrected chi connectivity index (χ3v) is 2.94. The fraction of sp³-hybridized carbons (Fsp3) is 0.182. The molecule has 17 heavy (non-hydrogen) atoms. The van der Waals surface area contributed by atoms with Gasteiger partial charge in [0, 0.05) is 6.20 Å². The molecule has 0 aliphatic carbocycles. The molecule has 0 radical (unpaired) electrons. The number of nitrogens with zero attached hydrogens (tertiary/aromatic N) is 1. The van der Waals surface area contributed by atoms with E-state index in [4.69, 9.17) is 0 Å². The lowest BCUT2D eigenvalue weighted by molar-refractivity contribution is -0.274. The van der Waals surface area contributed by atoms with E-state index in [0.29, 0.717) is 5.56 Å². The largest absolute Gasteiger partial charge is 0.573 e. The number of halogens is 3. The van der Waals surface area contributed by atoms with Crippen LogP contribution in [0.3, 0.4) is 0 Å². The molecule has 0 atom stereocenters. The molecular weight excluding hydrogens is 251 g/mol. The zero-order valence-corrected chi connectivity index (χ0v) is 9.60. The minimum absolute atomic E-state index is 0.221. The third-order valence-electron chi connectivity index (χ3n) is 1.97. The lowest BCUT2D eigenvalue weighted by Crippen LogP contribution is -2.17. The first-order valence-electron chi connectivity index (χ1n) is 4.73. The maximum atomic E-state index is 12.0. The van der Waals surface area contributed by atoms with Crippen molar-refractivity contribution < 1.29 is 17.9 Å². The molecule has 0 amide bonds. The van der Waals surface area contributed by atoms with Gasteiger partial charge >= 0.3 is 6.36 Å². The Hall–Kier alpha value is -1.56. The highest BCUT2D eigenvalue weighted by Crippen LogP contribution is 2.30. The third kappa shape index (κ3) is 3.20. The standard InChI is InChI=1S/C11H8F3NOS/c1-7-15-6-10(17-7)8-3-2-4-9(5-8)16-11(12,13)14/h2-6H,1H3. The van der Waals surface area contributed by atoms with Crippen molar-refractivity contribution in [3.05, 3.63) is 35.5 Å². The first-order chi connectivity index (χ1) is 7.94. The van der Waals surface area contributed by atoms with Crippen LogP contribution in [0.25, 0.3) is 10.4 Å². The van der Waals surface area contributed by atoms with Gasteiger partial charge in [-0.1, -0.05) is 12.1 Å². The van der Waals surface area contributed by atoms with Crippen LogP contribution in [-0.4, -0.2) is 11.3 Å². The van der Waals surface area contributed by atoms with E-state index in [0.717, 1.165) is 9.88 Å². The Bertz CT molecular complexity index is 521. The molecule has 0 spiro atoms. The summed E-state index contributed by atoms with van der Waals surface area (Å²) in [6.07, 6.45) is -3.03. The van der Waals surface area contributed by atoms with Gasteiger partial charge in [-0.15, -0.1) is 24.5 Å². The molecule has 6 heteroatoms. The fourth-order valence-corrected chi connectivity index (χ4v) is 2.12. The molecule has 0 bridgehead atoms. The predicted octanol–water partition coefficient (Wildman–Crippen LogP) is 4.02. The second kappa shape index (κ2) is 4.37. The summed E-state index contributed by atoms with van der Waals surface area (Å²) >= 11 is 1.42. The molecule has 0 N–H and O–H groups in total. The zero-order chi connectivity index (χ0) is 12.5. The monoisotopic (exact) mass is 259 g/mol. The van der Waals surface area contributed by atoms with Crippen molar-refractivity contribution in [1.82, 2.24) is 4.98 Å². The summed E-state index contributed by atoms with van der Waals surface area (Å²) in [7, 11) is 0. The SMILES string of the molecule is Cc1ncc(-c2cccc(OC(F)(F)F)c2)s1. The fourth-order valence-electron chi connectivity index (χ4n) is 1.34. The van der Waals surface area contributed by atoms with Crippen LogP contribution < -0.4 is 4.74 Å². The first-order valence-corrected chi connectivity index (χ1v) is 5.54. The van der Waals surface area contributed by atoms with Gasteiger partial charge in [0.2, 0.25) is 0 Å². The number of benzene rings is 1. The van der Waals surface area contributed by atoms with Gasteiger partial charge in [-0.2, -0.15) is 0 Å². The second-order valence-corrected chi connectivity index (χ2v) is 4.55. The molecular formula is C11H8F3NOS. The molecule has 0 saturated heterocycles. The average Bonchev–Trinajstić information content (AvgIpc) is 2.63. The molecule has 1 aromatic heterocycles. The van der Waals surface area contributed by atoms with Crippen molar-refractivity contribution in [2.24, 2.45) is 0 Å². The first kappa shape index (κ1) is 11.9. The van der Waals surface area contributed by atoms with Crippen molar-refractivity contribution in [2.75, 3.05) is 0 Å². The molecule has 90 valence electrons. The smallest absolute Gasteiger partial charge is 0.406 e. The van der Waals surface area contributed by atoms with Gasteiger partial charge in [0.15, 0.2) is 0 Å². The van der Waals surface area contributed by atoms with Gasteiger partial charge in [0.25, 0.3) is 0 Å². The summed E-state index contributed by atoms with van der Waals surface area (Å²) in [5.74, 6) is -0.221. The van der Waals surface area contributed by atoms with Gasteiger partial charge in [0.05, 0.1) is 9.88 Å². The highest BCUT2D eigenvalue weighted by Gasteiger charge is 2.31. The van der Waals surface area contributed by atoms with E-state index >= 15 is 0 Å². The Morgan fingerprint density at radius 2 is 2.06 bits per heavy atom. The minimum Gasteiger partial charge on any atom is -0.406 e. The van der Waals surface area contributed by atoms with Crippen LogP contribution in [0.1, 0.15) is 5.01 Å². The number of alkyl halides is 3. The summed E-state index contributed by atoms with van der Waals surface area (Å²) in [6.45, 7) is 1.84. The van der Waals surface area contributed by atoms with Crippen molar-refractivity contribution in [2.45, 2.75) is 13.3 Å². The molecule has 2 rings (SSSR count). The van der Waals surface area contributed by atoms with Gasteiger partial charge in [-0.3, -0.25) is 0 Å². The number of aromatic nitrogens is 1. The van der Waals surface area contributed by atoms with E-state index in [1.807, 2.05) is 6.92 Å². The molecule has 0 fully saturated rings. The van der Waals surface area contributed by atoms with E-state index in [2.05, 4.69) is 9.72 Å².